The molecule has 0 bridgehead atoms. The molecule has 0 saturated carbocycles. The van der Waals surface area contributed by atoms with E-state index in [-0.39, 0.29) is 11.4 Å². The highest BCUT2D eigenvalue weighted by Gasteiger charge is 2.38. The zero-order chi connectivity index (χ0) is 12.4. The van der Waals surface area contributed by atoms with Gasteiger partial charge in [0.25, 0.3) is 0 Å². The number of carbonyl (C=O) groups excluding carboxylic acids is 1. The van der Waals surface area contributed by atoms with Crippen LogP contribution >= 0.6 is 0 Å². The van der Waals surface area contributed by atoms with Crippen molar-refractivity contribution in [2.75, 3.05) is 32.8 Å². The van der Waals surface area contributed by atoms with Crippen molar-refractivity contribution in [1.82, 2.24) is 10.2 Å². The molecule has 0 radical (unpaired) electrons. The Morgan fingerprint density at radius 2 is 2.17 bits per heavy atom. The predicted octanol–water partition coefficient (Wildman–Crippen LogP) is 1.16. The van der Waals surface area contributed by atoms with Crippen LogP contribution in [0.2, 0.25) is 0 Å². The lowest BCUT2D eigenvalue weighted by molar-refractivity contribution is -0.126. The quantitative estimate of drug-likeness (QED) is 0.802. The van der Waals surface area contributed by atoms with E-state index in [0.29, 0.717) is 0 Å². The van der Waals surface area contributed by atoms with Crippen LogP contribution in [-0.2, 0) is 9.53 Å². The van der Waals surface area contributed by atoms with E-state index < -0.39 is 0 Å². The minimum absolute atomic E-state index is 0.137. The Hall–Kier alpha value is -0.610. The van der Waals surface area contributed by atoms with Gasteiger partial charge in [0, 0.05) is 38.2 Å². The zero-order valence-corrected chi connectivity index (χ0v) is 11.1. The molecule has 3 fully saturated rings. The van der Waals surface area contributed by atoms with Gasteiger partial charge in [-0.25, -0.2) is 0 Å². The molecule has 0 aromatic rings. The second kappa shape index (κ2) is 5.17. The monoisotopic (exact) mass is 252 g/mol. The average molecular weight is 252 g/mol. The van der Waals surface area contributed by atoms with Gasteiger partial charge in [-0.1, -0.05) is 0 Å². The van der Waals surface area contributed by atoms with E-state index in [0.717, 1.165) is 57.9 Å². The third-order valence-electron chi connectivity index (χ3n) is 4.82. The standard InChI is InChI=1S/C14H24N2O2/c17-13-2-1-4-14(15-13)5-7-16(8-6-14)10-12-3-9-18-11-12/h12H,1-11H2,(H,15,17). The number of likely N-dealkylation sites (tertiary alicyclic amines) is 1. The predicted molar refractivity (Wildman–Crippen MR) is 69.3 cm³/mol. The molecule has 4 heteroatoms. The number of piperidine rings is 2. The molecule has 102 valence electrons. The van der Waals surface area contributed by atoms with Gasteiger partial charge in [-0.05, 0) is 38.0 Å². The summed E-state index contributed by atoms with van der Waals surface area (Å²) in [6.07, 6.45) is 6.46. The summed E-state index contributed by atoms with van der Waals surface area (Å²) in [6.45, 7) is 5.34. The fourth-order valence-corrected chi connectivity index (χ4v) is 3.64. The molecule has 3 saturated heterocycles. The Labute approximate surface area is 109 Å². The first-order chi connectivity index (χ1) is 8.76. The summed E-state index contributed by atoms with van der Waals surface area (Å²) in [4.78, 5) is 14.1. The van der Waals surface area contributed by atoms with Crippen LogP contribution < -0.4 is 5.32 Å². The second-order valence-electron chi connectivity index (χ2n) is 6.21. The van der Waals surface area contributed by atoms with E-state index in [4.69, 9.17) is 4.74 Å². The van der Waals surface area contributed by atoms with Crippen molar-refractivity contribution in [1.29, 1.82) is 0 Å². The smallest absolute Gasteiger partial charge is 0.220 e. The molecule has 1 atom stereocenters. The first-order valence-electron chi connectivity index (χ1n) is 7.37. The second-order valence-corrected chi connectivity index (χ2v) is 6.21. The van der Waals surface area contributed by atoms with Gasteiger partial charge in [0.05, 0.1) is 6.61 Å². The van der Waals surface area contributed by atoms with E-state index in [1.54, 1.807) is 0 Å². The highest BCUT2D eigenvalue weighted by molar-refractivity contribution is 5.77. The maximum atomic E-state index is 11.6. The molecule has 0 aliphatic carbocycles. The Morgan fingerprint density at radius 3 is 2.83 bits per heavy atom. The van der Waals surface area contributed by atoms with Gasteiger partial charge < -0.3 is 15.0 Å². The highest BCUT2D eigenvalue weighted by Crippen LogP contribution is 2.31. The molecular formula is C14H24N2O2. The van der Waals surface area contributed by atoms with Crippen LogP contribution in [0.15, 0.2) is 0 Å². The number of hydrogen-bond acceptors (Lipinski definition) is 3. The largest absolute Gasteiger partial charge is 0.381 e. The van der Waals surface area contributed by atoms with Crippen molar-refractivity contribution >= 4 is 5.91 Å². The molecule has 3 heterocycles. The molecule has 1 unspecified atom stereocenters. The lowest BCUT2D eigenvalue weighted by atomic mass is 9.80. The van der Waals surface area contributed by atoms with Crippen LogP contribution in [0.3, 0.4) is 0 Å². The third-order valence-corrected chi connectivity index (χ3v) is 4.82. The molecule has 3 rings (SSSR count). The van der Waals surface area contributed by atoms with Crippen molar-refractivity contribution in [3.05, 3.63) is 0 Å². The number of hydrogen-bond donors (Lipinski definition) is 1. The summed E-state index contributed by atoms with van der Waals surface area (Å²) in [5.74, 6) is 0.999. The summed E-state index contributed by atoms with van der Waals surface area (Å²) < 4.78 is 5.44. The van der Waals surface area contributed by atoms with Gasteiger partial charge in [-0.3, -0.25) is 4.79 Å². The summed E-state index contributed by atoms with van der Waals surface area (Å²) in [6, 6.07) is 0. The minimum Gasteiger partial charge on any atom is -0.381 e. The van der Waals surface area contributed by atoms with E-state index >= 15 is 0 Å². The van der Waals surface area contributed by atoms with Crippen molar-refractivity contribution < 1.29 is 9.53 Å². The normalized spacial score (nSPS) is 32.7. The Balaban J connectivity index is 1.49. The number of rotatable bonds is 2. The Morgan fingerprint density at radius 1 is 1.33 bits per heavy atom. The molecule has 3 aliphatic rings. The number of ether oxygens (including phenoxy) is 1. The van der Waals surface area contributed by atoms with Crippen LogP contribution in [0.25, 0.3) is 0 Å². The molecule has 0 aromatic carbocycles. The van der Waals surface area contributed by atoms with Gasteiger partial charge in [-0.2, -0.15) is 0 Å². The molecule has 18 heavy (non-hydrogen) atoms. The number of nitrogens with zero attached hydrogens (tertiary/aromatic N) is 1. The number of carbonyl (C=O) groups is 1. The van der Waals surface area contributed by atoms with Crippen molar-refractivity contribution in [3.63, 3.8) is 0 Å². The van der Waals surface area contributed by atoms with Crippen molar-refractivity contribution in [2.24, 2.45) is 5.92 Å². The molecule has 4 nitrogen and oxygen atoms in total. The molecule has 1 spiro atoms. The van der Waals surface area contributed by atoms with Crippen LogP contribution in [0, 0.1) is 5.92 Å². The van der Waals surface area contributed by atoms with Crippen LogP contribution in [0.4, 0.5) is 0 Å². The van der Waals surface area contributed by atoms with Gasteiger partial charge in [-0.15, -0.1) is 0 Å². The molecule has 1 N–H and O–H groups in total. The summed E-state index contributed by atoms with van der Waals surface area (Å²) in [5.41, 5.74) is 0.137. The fraction of sp³-hybridized carbons (Fsp3) is 0.929. The van der Waals surface area contributed by atoms with Crippen molar-refractivity contribution in [2.45, 2.75) is 44.1 Å². The van der Waals surface area contributed by atoms with Gasteiger partial charge in [0.1, 0.15) is 0 Å². The van der Waals surface area contributed by atoms with Crippen LogP contribution in [0.5, 0.6) is 0 Å². The fourth-order valence-electron chi connectivity index (χ4n) is 3.64. The molecule has 1 amide bonds. The molecular weight excluding hydrogens is 228 g/mol. The van der Waals surface area contributed by atoms with Gasteiger partial charge >= 0.3 is 0 Å². The van der Waals surface area contributed by atoms with E-state index in [1.807, 2.05) is 0 Å². The first-order valence-corrected chi connectivity index (χ1v) is 7.37. The summed E-state index contributed by atoms with van der Waals surface area (Å²) in [5, 5.41) is 3.26. The van der Waals surface area contributed by atoms with Crippen molar-refractivity contribution in [3.8, 4) is 0 Å². The summed E-state index contributed by atoms with van der Waals surface area (Å²) >= 11 is 0. The van der Waals surface area contributed by atoms with E-state index in [9.17, 15) is 4.79 Å². The van der Waals surface area contributed by atoms with Gasteiger partial charge in [0.15, 0.2) is 0 Å². The minimum atomic E-state index is 0.137. The lowest BCUT2D eigenvalue weighted by Gasteiger charge is -2.45. The Kier molecular flexibility index (Phi) is 3.57. The van der Waals surface area contributed by atoms with Crippen LogP contribution in [0.1, 0.15) is 38.5 Å². The number of nitrogens with one attached hydrogen (secondary N) is 1. The molecule has 3 aliphatic heterocycles. The lowest BCUT2D eigenvalue weighted by Crippen LogP contribution is -2.57. The van der Waals surface area contributed by atoms with Crippen LogP contribution in [-0.4, -0.2) is 49.2 Å². The maximum absolute atomic E-state index is 11.6. The highest BCUT2D eigenvalue weighted by atomic mass is 16.5. The third kappa shape index (κ3) is 2.69. The zero-order valence-electron chi connectivity index (χ0n) is 11.1. The average Bonchev–Trinajstić information content (AvgIpc) is 2.85. The summed E-state index contributed by atoms with van der Waals surface area (Å²) in [7, 11) is 0. The first kappa shape index (κ1) is 12.4. The SMILES string of the molecule is O=C1CCCC2(CCN(CC3CCOC3)CC2)N1. The molecule has 0 aromatic heterocycles. The maximum Gasteiger partial charge on any atom is 0.220 e. The Bertz CT molecular complexity index is 305. The topological polar surface area (TPSA) is 41.6 Å². The van der Waals surface area contributed by atoms with Gasteiger partial charge in [0.2, 0.25) is 5.91 Å². The number of amides is 1. The van der Waals surface area contributed by atoms with E-state index in [2.05, 4.69) is 10.2 Å². The van der Waals surface area contributed by atoms with E-state index in [1.165, 1.54) is 19.4 Å².